The minimum absolute atomic E-state index is 0.248. The Balaban J connectivity index is 2.95. The number of carbonyl (C=O) groups is 1. The summed E-state index contributed by atoms with van der Waals surface area (Å²) in [4.78, 5) is 15.7. The van der Waals surface area contributed by atoms with E-state index in [2.05, 4.69) is 17.2 Å². The van der Waals surface area contributed by atoms with E-state index in [-0.39, 0.29) is 6.04 Å². The van der Waals surface area contributed by atoms with Gasteiger partial charge in [0.15, 0.2) is 0 Å². The van der Waals surface area contributed by atoms with Crippen molar-refractivity contribution in [3.63, 3.8) is 0 Å². The number of amides is 1. The summed E-state index contributed by atoms with van der Waals surface area (Å²) >= 11 is 0. The Labute approximate surface area is 120 Å². The van der Waals surface area contributed by atoms with E-state index in [0.29, 0.717) is 24.1 Å². The van der Waals surface area contributed by atoms with Gasteiger partial charge in [-0.1, -0.05) is 6.92 Å². The molecule has 20 heavy (non-hydrogen) atoms. The van der Waals surface area contributed by atoms with Gasteiger partial charge in [-0.3, -0.25) is 9.78 Å². The fraction of sp³-hybridized carbons (Fsp3) is 0.600. The minimum atomic E-state index is -0.728. The Bertz CT molecular complexity index is 467. The number of carbonyl (C=O) groups excluding carboxylic acids is 1. The van der Waals surface area contributed by atoms with Crippen molar-refractivity contribution in [1.82, 2.24) is 4.98 Å². The fourth-order valence-electron chi connectivity index (χ4n) is 1.75. The van der Waals surface area contributed by atoms with E-state index in [1.54, 1.807) is 13.8 Å². The Morgan fingerprint density at radius 1 is 1.55 bits per heavy atom. The lowest BCUT2D eigenvalue weighted by Crippen LogP contribution is -2.21. The number of primary amides is 1. The van der Waals surface area contributed by atoms with Crippen LogP contribution in [0.4, 0.5) is 5.69 Å². The molecule has 0 aliphatic rings. The number of hydrogen-bond donors (Lipinski definition) is 3. The van der Waals surface area contributed by atoms with Crippen LogP contribution >= 0.6 is 0 Å². The number of rotatable bonds is 7. The van der Waals surface area contributed by atoms with E-state index < -0.39 is 11.5 Å². The molecule has 1 unspecified atom stereocenters. The molecule has 0 fully saturated rings. The molecule has 0 bridgehead atoms. The van der Waals surface area contributed by atoms with Crippen LogP contribution in [0.5, 0.6) is 0 Å². The van der Waals surface area contributed by atoms with Gasteiger partial charge in [0.25, 0.3) is 5.91 Å². The van der Waals surface area contributed by atoms with Gasteiger partial charge >= 0.3 is 0 Å². The molecular formula is C15H25N3O2. The quantitative estimate of drug-likeness (QED) is 0.713. The van der Waals surface area contributed by atoms with Gasteiger partial charge < -0.3 is 16.2 Å². The summed E-state index contributed by atoms with van der Waals surface area (Å²) in [5.74, 6) is -0.489. The first-order valence-electron chi connectivity index (χ1n) is 7.00. The topological polar surface area (TPSA) is 88.2 Å². The van der Waals surface area contributed by atoms with Crippen molar-refractivity contribution in [1.29, 1.82) is 0 Å². The van der Waals surface area contributed by atoms with E-state index in [1.165, 1.54) is 6.20 Å². The summed E-state index contributed by atoms with van der Waals surface area (Å²) < 4.78 is 0. The van der Waals surface area contributed by atoms with Gasteiger partial charge in [-0.2, -0.15) is 0 Å². The zero-order chi connectivity index (χ0) is 15.3. The van der Waals surface area contributed by atoms with E-state index in [9.17, 15) is 9.90 Å². The van der Waals surface area contributed by atoms with E-state index in [1.807, 2.05) is 13.0 Å². The molecule has 1 heterocycles. The highest BCUT2D eigenvalue weighted by molar-refractivity contribution is 5.98. The number of anilines is 1. The Kier molecular flexibility index (Phi) is 5.51. The highest BCUT2D eigenvalue weighted by Crippen LogP contribution is 2.20. The predicted molar refractivity (Wildman–Crippen MR) is 80.7 cm³/mol. The van der Waals surface area contributed by atoms with Crippen molar-refractivity contribution in [3.05, 3.63) is 23.5 Å². The molecule has 1 rings (SSSR count). The molecule has 0 saturated carbocycles. The van der Waals surface area contributed by atoms with Crippen molar-refractivity contribution in [2.75, 3.05) is 5.32 Å². The summed E-state index contributed by atoms with van der Waals surface area (Å²) in [6.45, 7) is 7.64. The number of aryl methyl sites for hydroxylation is 1. The molecule has 0 spiro atoms. The second-order valence-electron chi connectivity index (χ2n) is 5.85. The summed E-state index contributed by atoms with van der Waals surface area (Å²) in [5.41, 5.74) is 6.59. The summed E-state index contributed by atoms with van der Waals surface area (Å²) in [5, 5.41) is 13.0. The molecule has 1 atom stereocenters. The van der Waals surface area contributed by atoms with Crippen molar-refractivity contribution in [3.8, 4) is 0 Å². The molecule has 112 valence electrons. The molecule has 5 heteroatoms. The molecule has 5 nitrogen and oxygen atoms in total. The van der Waals surface area contributed by atoms with Crippen molar-refractivity contribution >= 4 is 11.6 Å². The maximum atomic E-state index is 11.4. The average Bonchev–Trinajstić information content (AvgIpc) is 2.35. The van der Waals surface area contributed by atoms with Crippen molar-refractivity contribution in [2.24, 2.45) is 5.73 Å². The molecule has 4 N–H and O–H groups in total. The number of pyridine rings is 1. The highest BCUT2D eigenvalue weighted by atomic mass is 16.3. The molecule has 0 saturated heterocycles. The number of nitrogens with one attached hydrogen (secondary N) is 1. The van der Waals surface area contributed by atoms with Gasteiger partial charge in [0.2, 0.25) is 0 Å². The van der Waals surface area contributed by atoms with Crippen LogP contribution < -0.4 is 11.1 Å². The number of hydrogen-bond acceptors (Lipinski definition) is 4. The number of aliphatic hydroxyl groups is 1. The van der Waals surface area contributed by atoms with E-state index >= 15 is 0 Å². The van der Waals surface area contributed by atoms with Crippen LogP contribution in [0.3, 0.4) is 0 Å². The fourth-order valence-corrected chi connectivity index (χ4v) is 1.75. The van der Waals surface area contributed by atoms with Crippen LogP contribution in [0, 0.1) is 0 Å². The smallest absolute Gasteiger partial charge is 0.252 e. The Morgan fingerprint density at radius 2 is 2.20 bits per heavy atom. The zero-order valence-corrected chi connectivity index (χ0v) is 12.7. The lowest BCUT2D eigenvalue weighted by atomic mass is 10.0. The molecule has 0 aromatic carbocycles. The number of nitrogens with two attached hydrogens (primary N) is 1. The van der Waals surface area contributed by atoms with Crippen molar-refractivity contribution in [2.45, 2.75) is 58.6 Å². The third kappa shape index (κ3) is 5.17. The third-order valence-corrected chi connectivity index (χ3v) is 3.23. The Morgan fingerprint density at radius 3 is 2.70 bits per heavy atom. The van der Waals surface area contributed by atoms with E-state index in [0.717, 1.165) is 12.1 Å². The van der Waals surface area contributed by atoms with Crippen LogP contribution in [0.25, 0.3) is 0 Å². The third-order valence-electron chi connectivity index (χ3n) is 3.23. The first-order chi connectivity index (χ1) is 9.23. The maximum Gasteiger partial charge on any atom is 0.252 e. The normalized spacial score (nSPS) is 13.1. The predicted octanol–water partition coefficient (Wildman–Crippen LogP) is 2.09. The second-order valence-corrected chi connectivity index (χ2v) is 5.85. The molecule has 1 aromatic heterocycles. The second kappa shape index (κ2) is 6.70. The first kappa shape index (κ1) is 16.4. The van der Waals surface area contributed by atoms with Crippen LogP contribution in [0.15, 0.2) is 12.3 Å². The van der Waals surface area contributed by atoms with Gasteiger partial charge in [0, 0.05) is 17.9 Å². The lowest BCUT2D eigenvalue weighted by Gasteiger charge is -2.18. The maximum absolute atomic E-state index is 11.4. The molecular weight excluding hydrogens is 254 g/mol. The zero-order valence-electron chi connectivity index (χ0n) is 12.7. The van der Waals surface area contributed by atoms with Crippen LogP contribution in [-0.2, 0) is 6.42 Å². The monoisotopic (exact) mass is 279 g/mol. The van der Waals surface area contributed by atoms with Gasteiger partial charge in [0.05, 0.1) is 16.9 Å². The number of aromatic nitrogens is 1. The lowest BCUT2D eigenvalue weighted by molar-refractivity contribution is 0.0711. The van der Waals surface area contributed by atoms with Crippen LogP contribution in [0.1, 0.15) is 56.6 Å². The minimum Gasteiger partial charge on any atom is -0.390 e. The van der Waals surface area contributed by atoms with Gasteiger partial charge in [0.1, 0.15) is 0 Å². The van der Waals surface area contributed by atoms with Gasteiger partial charge in [-0.15, -0.1) is 0 Å². The molecule has 0 aliphatic carbocycles. The SMILES string of the molecule is CCC(C)Nc1cc(CCC(C)(C)O)ncc1C(N)=O. The van der Waals surface area contributed by atoms with E-state index in [4.69, 9.17) is 5.73 Å². The highest BCUT2D eigenvalue weighted by Gasteiger charge is 2.15. The average molecular weight is 279 g/mol. The summed E-state index contributed by atoms with van der Waals surface area (Å²) in [6, 6.07) is 2.09. The van der Waals surface area contributed by atoms with Crippen molar-refractivity contribution < 1.29 is 9.90 Å². The molecule has 0 radical (unpaired) electrons. The molecule has 1 aromatic rings. The molecule has 1 amide bonds. The largest absolute Gasteiger partial charge is 0.390 e. The Hall–Kier alpha value is -1.62. The molecule has 0 aliphatic heterocycles. The number of nitrogens with zero attached hydrogens (tertiary/aromatic N) is 1. The first-order valence-corrected chi connectivity index (χ1v) is 7.00. The van der Waals surface area contributed by atoms with Gasteiger partial charge in [-0.05, 0) is 46.1 Å². The van der Waals surface area contributed by atoms with Gasteiger partial charge in [-0.25, -0.2) is 0 Å². The van der Waals surface area contributed by atoms with Crippen LogP contribution in [0.2, 0.25) is 0 Å². The standard InChI is InChI=1S/C15H25N3O2/c1-5-10(2)18-13-8-11(6-7-15(3,4)20)17-9-12(13)14(16)19/h8-10,20H,5-7H2,1-4H3,(H2,16,19)(H,17,18). The summed E-state index contributed by atoms with van der Waals surface area (Å²) in [7, 11) is 0. The van der Waals surface area contributed by atoms with Crippen LogP contribution in [-0.4, -0.2) is 27.6 Å². The summed E-state index contributed by atoms with van der Waals surface area (Å²) in [6.07, 6.45) is 3.71.